The van der Waals surface area contributed by atoms with Gasteiger partial charge in [0.05, 0.1) is 6.20 Å². The highest BCUT2D eigenvalue weighted by atomic mass is 35.5. The van der Waals surface area contributed by atoms with Crippen molar-refractivity contribution in [2.75, 3.05) is 0 Å². The molecule has 0 amide bonds. The smallest absolute Gasteiger partial charge is 0.266 e. The first kappa shape index (κ1) is 18.2. The second kappa shape index (κ2) is 7.63. The summed E-state index contributed by atoms with van der Waals surface area (Å²) < 4.78 is 4.28. The molecule has 0 bridgehead atoms. The number of nitrogens with zero attached hydrogens (tertiary/aromatic N) is 3. The second-order valence-electron chi connectivity index (χ2n) is 6.51. The van der Waals surface area contributed by atoms with Crippen molar-refractivity contribution < 1.29 is 17.0 Å². The van der Waals surface area contributed by atoms with Crippen LogP contribution in [0.4, 0.5) is 0 Å². The van der Waals surface area contributed by atoms with Crippen LogP contribution in [0.1, 0.15) is 50.7 Å². The monoisotopic (exact) mass is 341 g/mol. The number of hydrogen-bond donors (Lipinski definition) is 0. The molecule has 2 heterocycles. The maximum Gasteiger partial charge on any atom is 0.266 e. The Morgan fingerprint density at radius 3 is 2.12 bits per heavy atom. The zero-order valence-electron chi connectivity index (χ0n) is 14.6. The van der Waals surface area contributed by atoms with Crippen LogP contribution in [-0.4, -0.2) is 9.55 Å². The van der Waals surface area contributed by atoms with Crippen molar-refractivity contribution in [3.8, 4) is 11.5 Å². The lowest BCUT2D eigenvalue weighted by Crippen LogP contribution is -3.00. The molecule has 3 aromatic rings. The number of pyridine rings is 1. The third kappa shape index (κ3) is 3.51. The van der Waals surface area contributed by atoms with Gasteiger partial charge in [-0.3, -0.25) is 0 Å². The topological polar surface area (TPSA) is 21.7 Å². The molecule has 2 aromatic heterocycles. The van der Waals surface area contributed by atoms with E-state index < -0.39 is 0 Å². The fourth-order valence-electron chi connectivity index (χ4n) is 2.94. The van der Waals surface area contributed by atoms with E-state index in [0.717, 1.165) is 5.82 Å². The number of benzene rings is 1. The van der Waals surface area contributed by atoms with Crippen LogP contribution < -0.4 is 17.0 Å². The lowest BCUT2D eigenvalue weighted by Gasteiger charge is -2.17. The molecular formula is C20H24ClN3. The Kier molecular flexibility index (Phi) is 5.79. The van der Waals surface area contributed by atoms with Crippen LogP contribution in [0.25, 0.3) is 11.5 Å². The molecule has 0 unspecified atom stereocenters. The van der Waals surface area contributed by atoms with Gasteiger partial charge in [0.15, 0.2) is 6.33 Å². The highest BCUT2D eigenvalue weighted by Gasteiger charge is 2.19. The second-order valence-corrected chi connectivity index (χ2v) is 6.51. The number of aromatic nitrogens is 3. The third-order valence-electron chi connectivity index (χ3n) is 4.15. The summed E-state index contributed by atoms with van der Waals surface area (Å²) in [5.74, 6) is 1.89. The lowest BCUT2D eigenvalue weighted by atomic mass is 9.92. The molecule has 0 aliphatic heterocycles. The zero-order chi connectivity index (χ0) is 16.4. The number of hydrogen-bond acceptors (Lipinski definition) is 1. The average Bonchev–Trinajstić information content (AvgIpc) is 3.04. The van der Waals surface area contributed by atoms with E-state index in [2.05, 4.69) is 78.7 Å². The van der Waals surface area contributed by atoms with Crippen LogP contribution in [-0.2, 0) is 0 Å². The first-order chi connectivity index (χ1) is 11.1. The van der Waals surface area contributed by atoms with E-state index in [4.69, 9.17) is 0 Å². The van der Waals surface area contributed by atoms with Crippen LogP contribution in [0.15, 0.2) is 61.3 Å². The summed E-state index contributed by atoms with van der Waals surface area (Å²) in [5.41, 5.74) is 4.05. The number of imidazole rings is 1. The van der Waals surface area contributed by atoms with E-state index in [1.165, 1.54) is 16.8 Å². The predicted octanol–water partition coefficient (Wildman–Crippen LogP) is 1.40. The molecule has 0 atom stereocenters. The van der Waals surface area contributed by atoms with E-state index >= 15 is 0 Å². The van der Waals surface area contributed by atoms with Crippen LogP contribution in [0.2, 0.25) is 0 Å². The van der Waals surface area contributed by atoms with Gasteiger partial charge in [-0.15, -0.1) is 4.98 Å². The fourth-order valence-corrected chi connectivity index (χ4v) is 2.94. The maximum atomic E-state index is 4.42. The van der Waals surface area contributed by atoms with Crippen molar-refractivity contribution in [1.82, 2.24) is 9.55 Å². The number of halogens is 1. The molecule has 0 saturated heterocycles. The largest absolute Gasteiger partial charge is 1.00 e. The summed E-state index contributed by atoms with van der Waals surface area (Å²) in [7, 11) is 0. The van der Waals surface area contributed by atoms with Crippen LogP contribution in [0.5, 0.6) is 0 Å². The highest BCUT2D eigenvalue weighted by molar-refractivity contribution is 5.51. The Labute approximate surface area is 150 Å². The molecule has 1 aromatic carbocycles. The van der Waals surface area contributed by atoms with Crippen molar-refractivity contribution in [3.63, 3.8) is 0 Å². The van der Waals surface area contributed by atoms with E-state index in [1.54, 1.807) is 0 Å². The van der Waals surface area contributed by atoms with E-state index in [0.29, 0.717) is 11.8 Å². The van der Waals surface area contributed by atoms with Gasteiger partial charge in [0, 0.05) is 6.07 Å². The van der Waals surface area contributed by atoms with Crippen LogP contribution >= 0.6 is 0 Å². The molecule has 0 spiro atoms. The minimum Gasteiger partial charge on any atom is -1.00 e. The van der Waals surface area contributed by atoms with Gasteiger partial charge in [0.1, 0.15) is 18.1 Å². The first-order valence-electron chi connectivity index (χ1n) is 8.21. The maximum absolute atomic E-state index is 4.42. The first-order valence-corrected chi connectivity index (χ1v) is 8.21. The van der Waals surface area contributed by atoms with Crippen molar-refractivity contribution in [2.24, 2.45) is 0 Å². The standard InChI is InChI=1S/C20H24N3.ClH/c1-15(2)17-8-7-9-18(16(3)4)20(17)23-13-12-22(14-23)19-10-5-6-11-21-19;/h5-16H,1-4H3;1H/q+1;/p-1. The van der Waals surface area contributed by atoms with Crippen molar-refractivity contribution in [1.29, 1.82) is 0 Å². The Morgan fingerprint density at radius 2 is 1.58 bits per heavy atom. The van der Waals surface area contributed by atoms with Crippen LogP contribution in [0.3, 0.4) is 0 Å². The molecule has 126 valence electrons. The van der Waals surface area contributed by atoms with Gasteiger partial charge in [-0.05, 0) is 29.0 Å². The predicted molar refractivity (Wildman–Crippen MR) is 93.3 cm³/mol. The van der Waals surface area contributed by atoms with Crippen molar-refractivity contribution >= 4 is 0 Å². The summed E-state index contributed by atoms with van der Waals surface area (Å²) in [5, 5.41) is 0. The minimum absolute atomic E-state index is 0. The fraction of sp³-hybridized carbons (Fsp3) is 0.300. The van der Waals surface area contributed by atoms with Crippen molar-refractivity contribution in [3.05, 3.63) is 72.4 Å². The quantitative estimate of drug-likeness (QED) is 0.657. The Bertz CT molecular complexity index is 765. The van der Waals surface area contributed by atoms with E-state index in [1.807, 2.05) is 24.4 Å². The molecule has 4 heteroatoms. The summed E-state index contributed by atoms with van der Waals surface area (Å²) in [6.45, 7) is 9.00. The normalized spacial score (nSPS) is 10.9. The molecule has 3 rings (SSSR count). The van der Waals surface area contributed by atoms with Gasteiger partial charge in [0.25, 0.3) is 5.82 Å². The van der Waals surface area contributed by atoms with Gasteiger partial charge in [0.2, 0.25) is 0 Å². The molecule has 3 nitrogen and oxygen atoms in total. The highest BCUT2D eigenvalue weighted by Crippen LogP contribution is 2.30. The number of rotatable bonds is 4. The summed E-state index contributed by atoms with van der Waals surface area (Å²) in [6, 6.07) is 12.6. The molecule has 0 aliphatic rings. The van der Waals surface area contributed by atoms with Gasteiger partial charge in [-0.1, -0.05) is 52.0 Å². The zero-order valence-corrected chi connectivity index (χ0v) is 15.4. The Balaban J connectivity index is 0.00000208. The third-order valence-corrected chi connectivity index (χ3v) is 4.15. The van der Waals surface area contributed by atoms with E-state index in [9.17, 15) is 0 Å². The molecule has 0 aliphatic carbocycles. The molecule has 0 N–H and O–H groups in total. The van der Waals surface area contributed by atoms with Gasteiger partial charge in [-0.2, -0.15) is 0 Å². The van der Waals surface area contributed by atoms with Gasteiger partial charge in [-0.25, -0.2) is 9.13 Å². The minimum atomic E-state index is 0. The molecule has 0 radical (unpaired) electrons. The summed E-state index contributed by atoms with van der Waals surface area (Å²) in [4.78, 5) is 4.42. The average molecular weight is 342 g/mol. The summed E-state index contributed by atoms with van der Waals surface area (Å²) in [6.07, 6.45) is 8.10. The SMILES string of the molecule is CC(C)c1cccc(C(C)C)c1-n1cc[n+](-c2ccccn2)c1.[Cl-]. The van der Waals surface area contributed by atoms with E-state index in [-0.39, 0.29) is 12.4 Å². The Morgan fingerprint density at radius 1 is 0.917 bits per heavy atom. The van der Waals surface area contributed by atoms with Gasteiger partial charge < -0.3 is 12.4 Å². The van der Waals surface area contributed by atoms with Crippen LogP contribution in [0, 0.1) is 0 Å². The summed E-state index contributed by atoms with van der Waals surface area (Å²) >= 11 is 0. The Hall–Kier alpha value is -2.13. The molecule has 0 saturated carbocycles. The lowest BCUT2D eigenvalue weighted by molar-refractivity contribution is -0.598. The van der Waals surface area contributed by atoms with Crippen molar-refractivity contribution in [2.45, 2.75) is 39.5 Å². The molecule has 24 heavy (non-hydrogen) atoms. The number of para-hydroxylation sites is 1. The van der Waals surface area contributed by atoms with Gasteiger partial charge >= 0.3 is 0 Å². The molecular weight excluding hydrogens is 318 g/mol. The molecule has 0 fully saturated rings.